The number of fused-ring (bicyclic) bond motifs is 2. The third kappa shape index (κ3) is 5.41. The normalized spacial score (nSPS) is 12.7. The van der Waals surface area contributed by atoms with E-state index in [0.717, 1.165) is 16.0 Å². The first-order chi connectivity index (χ1) is 19.5. The minimum Gasteiger partial charge on any atom is -0.485 e. The van der Waals surface area contributed by atoms with Crippen LogP contribution in [0.3, 0.4) is 0 Å². The number of carbonyl (C=O) groups excluding carboxylic acids is 1. The summed E-state index contributed by atoms with van der Waals surface area (Å²) in [5.41, 5.74) is 8.68. The SMILES string of the molecule is COc1cnc2c(-c3nc4cc(F)c(O[C@@H](C)C(C)N(C(=O)O)c5cnc(C(N)=O)nc5)cc4s3)cc(C)cc2n1. The van der Waals surface area contributed by atoms with Crippen molar-refractivity contribution < 1.29 is 28.6 Å². The van der Waals surface area contributed by atoms with E-state index in [1.165, 1.54) is 49.2 Å². The number of ether oxygens (including phenoxy) is 2. The number of aryl methyl sites for hydroxylation is 1. The van der Waals surface area contributed by atoms with Gasteiger partial charge in [-0.2, -0.15) is 0 Å². The molecule has 0 aliphatic heterocycles. The van der Waals surface area contributed by atoms with Crippen LogP contribution < -0.4 is 20.1 Å². The summed E-state index contributed by atoms with van der Waals surface area (Å²) in [5.74, 6) is -1.41. The summed E-state index contributed by atoms with van der Waals surface area (Å²) in [6.07, 6.45) is 1.77. The van der Waals surface area contributed by atoms with Gasteiger partial charge in [-0.15, -0.1) is 11.3 Å². The molecule has 2 aromatic carbocycles. The second kappa shape index (κ2) is 10.9. The molecule has 2 amide bonds. The van der Waals surface area contributed by atoms with Gasteiger partial charge in [-0.3, -0.25) is 9.69 Å². The molecule has 210 valence electrons. The number of benzene rings is 2. The highest BCUT2D eigenvalue weighted by Gasteiger charge is 2.29. The summed E-state index contributed by atoms with van der Waals surface area (Å²) < 4.78 is 26.9. The van der Waals surface area contributed by atoms with Crippen LogP contribution in [0.1, 0.15) is 30.0 Å². The van der Waals surface area contributed by atoms with Crippen LogP contribution in [0.2, 0.25) is 0 Å². The lowest BCUT2D eigenvalue weighted by molar-refractivity contribution is 0.0990. The molecule has 0 saturated carbocycles. The van der Waals surface area contributed by atoms with E-state index in [9.17, 15) is 14.7 Å². The van der Waals surface area contributed by atoms with Crippen LogP contribution in [0.5, 0.6) is 11.6 Å². The Kier molecular flexibility index (Phi) is 7.32. The number of anilines is 1. The molecule has 0 fully saturated rings. The number of carboxylic acid groups (broad SMARTS) is 1. The molecule has 0 saturated heterocycles. The number of aromatic nitrogens is 5. The van der Waals surface area contributed by atoms with Gasteiger partial charge in [0.15, 0.2) is 11.6 Å². The Bertz CT molecular complexity index is 1800. The number of rotatable bonds is 8. The molecule has 3 heterocycles. The van der Waals surface area contributed by atoms with E-state index in [1.54, 1.807) is 13.8 Å². The Labute approximate surface area is 236 Å². The van der Waals surface area contributed by atoms with E-state index < -0.39 is 30.0 Å². The van der Waals surface area contributed by atoms with Crippen molar-refractivity contribution in [2.24, 2.45) is 5.73 Å². The molecule has 0 spiro atoms. The average Bonchev–Trinajstić information content (AvgIpc) is 3.34. The van der Waals surface area contributed by atoms with Crippen molar-refractivity contribution in [2.75, 3.05) is 12.0 Å². The molecule has 3 N–H and O–H groups in total. The van der Waals surface area contributed by atoms with Crippen molar-refractivity contribution in [2.45, 2.75) is 32.9 Å². The standard InChI is InChI=1S/C27H24FN7O5S/c1-12-5-16(23-19(6-12)33-22(39-4)11-30-23)26-34-18-7-17(28)20(8-21(18)41-26)40-14(3)13(2)35(27(37)38)15-9-31-25(24(29)36)32-10-15/h5-11,13-14H,1-4H3,(H2,29,36)(H,37,38)/t13?,14-/m0/s1. The molecule has 5 rings (SSSR count). The molecule has 3 aromatic heterocycles. The molecule has 0 aliphatic rings. The lowest BCUT2D eigenvalue weighted by Crippen LogP contribution is -2.46. The maximum Gasteiger partial charge on any atom is 0.412 e. The van der Waals surface area contributed by atoms with E-state index in [0.29, 0.717) is 32.1 Å². The van der Waals surface area contributed by atoms with Gasteiger partial charge in [0.2, 0.25) is 11.7 Å². The quantitative estimate of drug-likeness (QED) is 0.266. The highest BCUT2D eigenvalue weighted by Crippen LogP contribution is 2.37. The first-order valence-corrected chi connectivity index (χ1v) is 13.1. The Morgan fingerprint density at radius 2 is 1.78 bits per heavy atom. The molecule has 5 aromatic rings. The smallest absolute Gasteiger partial charge is 0.412 e. The first-order valence-electron chi connectivity index (χ1n) is 12.3. The van der Waals surface area contributed by atoms with Crippen LogP contribution in [0.4, 0.5) is 14.9 Å². The van der Waals surface area contributed by atoms with E-state index in [2.05, 4.69) is 24.9 Å². The summed E-state index contributed by atoms with van der Waals surface area (Å²) in [7, 11) is 1.52. The number of nitrogens with two attached hydrogens (primary N) is 1. The maximum atomic E-state index is 15.2. The van der Waals surface area contributed by atoms with E-state index in [1.807, 2.05) is 19.1 Å². The Morgan fingerprint density at radius 1 is 1.05 bits per heavy atom. The highest BCUT2D eigenvalue weighted by molar-refractivity contribution is 7.21. The number of carbonyl (C=O) groups is 2. The molecular weight excluding hydrogens is 553 g/mol. The topological polar surface area (TPSA) is 167 Å². The van der Waals surface area contributed by atoms with Crippen LogP contribution in [-0.4, -0.2) is 61.3 Å². The molecule has 0 bridgehead atoms. The molecule has 2 atom stereocenters. The van der Waals surface area contributed by atoms with E-state index >= 15 is 4.39 Å². The Balaban J connectivity index is 1.44. The molecule has 14 heteroatoms. The fourth-order valence-electron chi connectivity index (χ4n) is 4.25. The third-order valence-electron chi connectivity index (χ3n) is 6.39. The molecule has 0 aliphatic carbocycles. The zero-order chi connectivity index (χ0) is 29.4. The molecule has 0 radical (unpaired) electrons. The van der Waals surface area contributed by atoms with Gasteiger partial charge in [-0.25, -0.2) is 34.1 Å². The van der Waals surface area contributed by atoms with Crippen LogP contribution in [-0.2, 0) is 0 Å². The van der Waals surface area contributed by atoms with Crippen molar-refractivity contribution in [3.8, 4) is 22.2 Å². The van der Waals surface area contributed by atoms with Crippen molar-refractivity contribution in [1.82, 2.24) is 24.9 Å². The lowest BCUT2D eigenvalue weighted by Gasteiger charge is -2.30. The predicted molar refractivity (Wildman–Crippen MR) is 150 cm³/mol. The molecule has 12 nitrogen and oxygen atoms in total. The van der Waals surface area contributed by atoms with Crippen molar-refractivity contribution in [3.63, 3.8) is 0 Å². The van der Waals surface area contributed by atoms with Gasteiger partial charge in [0.25, 0.3) is 5.91 Å². The monoisotopic (exact) mass is 577 g/mol. The Hall–Kier alpha value is -4.98. The fraction of sp³-hybridized carbons (Fsp3) is 0.222. The third-order valence-corrected chi connectivity index (χ3v) is 7.44. The minimum absolute atomic E-state index is 0.0589. The minimum atomic E-state index is -1.31. The van der Waals surface area contributed by atoms with Gasteiger partial charge in [-0.05, 0) is 38.5 Å². The second-order valence-corrected chi connectivity index (χ2v) is 10.2. The summed E-state index contributed by atoms with van der Waals surface area (Å²) in [4.78, 5) is 45.5. The number of methoxy groups -OCH3 is 1. The fourth-order valence-corrected chi connectivity index (χ4v) is 5.24. The average molecular weight is 578 g/mol. The molecular formula is C27H24FN7O5S. The number of hydrogen-bond acceptors (Lipinski definition) is 10. The first kappa shape index (κ1) is 27.6. The van der Waals surface area contributed by atoms with Gasteiger partial charge in [0.1, 0.15) is 11.1 Å². The zero-order valence-corrected chi connectivity index (χ0v) is 23.1. The predicted octanol–water partition coefficient (Wildman–Crippen LogP) is 4.59. The lowest BCUT2D eigenvalue weighted by atomic mass is 10.1. The van der Waals surface area contributed by atoms with Crippen LogP contribution >= 0.6 is 11.3 Å². The number of nitrogens with zero attached hydrogens (tertiary/aromatic N) is 6. The van der Waals surface area contributed by atoms with Gasteiger partial charge < -0.3 is 20.3 Å². The van der Waals surface area contributed by atoms with E-state index in [-0.39, 0.29) is 17.3 Å². The van der Waals surface area contributed by atoms with Gasteiger partial charge in [0, 0.05) is 17.7 Å². The molecule has 41 heavy (non-hydrogen) atoms. The Morgan fingerprint density at radius 3 is 2.44 bits per heavy atom. The van der Waals surface area contributed by atoms with Crippen LogP contribution in [0.15, 0.2) is 42.9 Å². The number of thiazole rings is 1. The number of hydrogen-bond donors (Lipinski definition) is 2. The second-order valence-electron chi connectivity index (χ2n) is 9.21. The maximum absolute atomic E-state index is 15.2. The largest absolute Gasteiger partial charge is 0.485 e. The van der Waals surface area contributed by atoms with Crippen molar-refractivity contribution in [3.05, 3.63) is 60.1 Å². The number of amides is 2. The van der Waals surface area contributed by atoms with Gasteiger partial charge >= 0.3 is 6.09 Å². The summed E-state index contributed by atoms with van der Waals surface area (Å²) in [5, 5.41) is 10.5. The summed E-state index contributed by atoms with van der Waals surface area (Å²) in [6.45, 7) is 5.15. The zero-order valence-electron chi connectivity index (χ0n) is 22.3. The van der Waals surface area contributed by atoms with Crippen LogP contribution in [0, 0.1) is 12.7 Å². The van der Waals surface area contributed by atoms with Gasteiger partial charge in [0.05, 0.1) is 58.7 Å². The van der Waals surface area contributed by atoms with Crippen molar-refractivity contribution in [1.29, 1.82) is 0 Å². The number of halogens is 1. The van der Waals surface area contributed by atoms with Crippen molar-refractivity contribution >= 4 is 50.3 Å². The summed E-state index contributed by atoms with van der Waals surface area (Å²) >= 11 is 1.34. The number of primary amides is 1. The highest BCUT2D eigenvalue weighted by atomic mass is 32.1. The van der Waals surface area contributed by atoms with Gasteiger partial charge in [-0.1, -0.05) is 0 Å². The van der Waals surface area contributed by atoms with E-state index in [4.69, 9.17) is 15.2 Å². The van der Waals surface area contributed by atoms with Crippen LogP contribution in [0.25, 0.3) is 31.8 Å². The molecule has 1 unspecified atom stereocenters. The summed E-state index contributed by atoms with van der Waals surface area (Å²) in [6, 6.07) is 5.86.